The van der Waals surface area contributed by atoms with Crippen molar-refractivity contribution >= 4 is 19.7 Å². The number of carboxylic acids is 1. The molecule has 1 aromatic rings. The molecule has 2 N–H and O–H groups in total. The molecule has 0 aromatic heterocycles. The predicted molar refractivity (Wildman–Crippen MR) is 81.3 cm³/mol. The zero-order valence-electron chi connectivity index (χ0n) is 12.3. The summed E-state index contributed by atoms with van der Waals surface area (Å²) in [5.41, 5.74) is 0.802. The van der Waals surface area contributed by atoms with Crippen LogP contribution >= 0.6 is 0 Å². The van der Waals surface area contributed by atoms with E-state index in [1.165, 1.54) is 0 Å². The fourth-order valence-electron chi connectivity index (χ4n) is 3.00. The number of benzene rings is 1. The van der Waals surface area contributed by atoms with Gasteiger partial charge < -0.3 is 10.4 Å². The predicted octanol–water partition coefficient (Wildman–Crippen LogP) is 1.86. The molecule has 2 radical (unpaired) electrons. The Morgan fingerprint density at radius 1 is 1.43 bits per heavy atom. The van der Waals surface area contributed by atoms with Crippen LogP contribution < -0.4 is 5.32 Å². The van der Waals surface area contributed by atoms with Crippen molar-refractivity contribution in [2.24, 2.45) is 5.92 Å². The Balaban J connectivity index is 2.06. The summed E-state index contributed by atoms with van der Waals surface area (Å²) in [6.07, 6.45) is 2.27. The molecule has 0 spiro atoms. The molecule has 0 bridgehead atoms. The number of aryl methyl sites for hydroxylation is 1. The average molecular weight is 285 g/mol. The number of nitrogens with one attached hydrogen (secondary N) is 1. The van der Waals surface area contributed by atoms with Crippen LogP contribution in [0.5, 0.6) is 0 Å². The lowest BCUT2D eigenvalue weighted by molar-refractivity contribution is -0.147. The van der Waals surface area contributed by atoms with Crippen LogP contribution in [0.2, 0.25) is 6.32 Å². The minimum atomic E-state index is -1.15. The van der Waals surface area contributed by atoms with Crippen LogP contribution in [0.4, 0.5) is 0 Å². The maximum absolute atomic E-state index is 12.2. The fourth-order valence-corrected chi connectivity index (χ4v) is 3.00. The monoisotopic (exact) mass is 285 g/mol. The smallest absolute Gasteiger partial charge is 0.329 e. The minimum absolute atomic E-state index is 0.167. The van der Waals surface area contributed by atoms with E-state index in [1.807, 2.05) is 31.2 Å². The third kappa shape index (κ3) is 3.46. The molecular formula is C16H20BNO3. The van der Waals surface area contributed by atoms with E-state index in [9.17, 15) is 14.7 Å². The second kappa shape index (κ2) is 6.33. The molecule has 4 nitrogen and oxygen atoms in total. The average Bonchev–Trinajstić information content (AvgIpc) is 2.86. The molecule has 21 heavy (non-hydrogen) atoms. The number of hydrogen-bond donors (Lipinski definition) is 2. The van der Waals surface area contributed by atoms with Crippen LogP contribution in [0, 0.1) is 12.8 Å². The summed E-state index contributed by atoms with van der Waals surface area (Å²) in [6.45, 7) is 1.94. The molecular weight excluding hydrogens is 265 g/mol. The van der Waals surface area contributed by atoms with Gasteiger partial charge >= 0.3 is 5.97 Å². The summed E-state index contributed by atoms with van der Waals surface area (Å²) in [7, 11) is 5.62. The molecule has 1 saturated carbocycles. The Labute approximate surface area is 126 Å². The summed E-state index contributed by atoms with van der Waals surface area (Å²) >= 11 is 0. The van der Waals surface area contributed by atoms with Gasteiger partial charge in [-0.15, -0.1) is 0 Å². The minimum Gasteiger partial charge on any atom is -0.480 e. The van der Waals surface area contributed by atoms with Crippen LogP contribution in [0.3, 0.4) is 0 Å². The van der Waals surface area contributed by atoms with Gasteiger partial charge in [0.15, 0.2) is 0 Å². The zero-order valence-corrected chi connectivity index (χ0v) is 12.3. The Kier molecular flexibility index (Phi) is 4.71. The van der Waals surface area contributed by atoms with Crippen molar-refractivity contribution in [3.8, 4) is 0 Å². The molecule has 2 unspecified atom stereocenters. The summed E-state index contributed by atoms with van der Waals surface area (Å²) in [5.74, 6) is -1.04. The van der Waals surface area contributed by atoms with Crippen molar-refractivity contribution in [1.82, 2.24) is 5.32 Å². The fraction of sp³-hybridized carbons (Fsp3) is 0.500. The highest BCUT2D eigenvalue weighted by Crippen LogP contribution is 2.36. The van der Waals surface area contributed by atoms with E-state index in [-0.39, 0.29) is 18.2 Å². The molecule has 1 aromatic carbocycles. The van der Waals surface area contributed by atoms with Gasteiger partial charge in [-0.1, -0.05) is 30.6 Å². The third-order valence-corrected chi connectivity index (χ3v) is 4.35. The Morgan fingerprint density at radius 2 is 2.14 bits per heavy atom. The SMILES string of the molecule is [B]CC1CCC(NC(=O)Cc2ccccc2C)(C(=O)O)C1. The molecule has 1 aliphatic rings. The van der Waals surface area contributed by atoms with E-state index in [2.05, 4.69) is 5.32 Å². The first kappa shape index (κ1) is 15.6. The van der Waals surface area contributed by atoms with Crippen LogP contribution in [0.15, 0.2) is 24.3 Å². The maximum atomic E-state index is 12.2. The van der Waals surface area contributed by atoms with Crippen molar-refractivity contribution in [2.75, 3.05) is 0 Å². The highest BCUT2D eigenvalue weighted by Gasteiger charge is 2.45. The van der Waals surface area contributed by atoms with E-state index in [1.54, 1.807) is 0 Å². The van der Waals surface area contributed by atoms with E-state index in [0.29, 0.717) is 19.2 Å². The number of amides is 1. The first-order valence-electron chi connectivity index (χ1n) is 7.26. The van der Waals surface area contributed by atoms with Crippen LogP contribution in [-0.4, -0.2) is 30.4 Å². The maximum Gasteiger partial charge on any atom is 0.329 e. The van der Waals surface area contributed by atoms with Gasteiger partial charge in [-0.2, -0.15) is 0 Å². The second-order valence-electron chi connectivity index (χ2n) is 5.88. The normalized spacial score (nSPS) is 24.7. The van der Waals surface area contributed by atoms with Gasteiger partial charge in [0.05, 0.1) is 14.3 Å². The number of rotatable bonds is 5. The molecule has 0 heterocycles. The first-order valence-corrected chi connectivity index (χ1v) is 7.26. The second-order valence-corrected chi connectivity index (χ2v) is 5.88. The van der Waals surface area contributed by atoms with Gasteiger partial charge in [0.25, 0.3) is 0 Å². The van der Waals surface area contributed by atoms with Gasteiger partial charge in [0, 0.05) is 0 Å². The molecule has 1 fully saturated rings. The van der Waals surface area contributed by atoms with Crippen molar-refractivity contribution in [1.29, 1.82) is 0 Å². The number of aliphatic carboxylic acids is 1. The molecule has 1 amide bonds. The Hall–Kier alpha value is -1.78. The number of hydrogen-bond acceptors (Lipinski definition) is 2. The molecule has 0 saturated heterocycles. The van der Waals surface area contributed by atoms with E-state index in [0.717, 1.165) is 17.5 Å². The molecule has 2 atom stereocenters. The van der Waals surface area contributed by atoms with Crippen LogP contribution in [0.25, 0.3) is 0 Å². The number of carboxylic acid groups (broad SMARTS) is 1. The Bertz CT molecular complexity index is 546. The largest absolute Gasteiger partial charge is 0.480 e. The first-order chi connectivity index (χ1) is 9.97. The zero-order chi connectivity index (χ0) is 15.5. The number of carbonyl (C=O) groups is 2. The summed E-state index contributed by atoms with van der Waals surface area (Å²) in [4.78, 5) is 23.8. The van der Waals surface area contributed by atoms with Gasteiger partial charge in [0.1, 0.15) is 5.54 Å². The van der Waals surface area contributed by atoms with Gasteiger partial charge in [-0.05, 0) is 43.2 Å². The lowest BCUT2D eigenvalue weighted by Gasteiger charge is -2.26. The highest BCUT2D eigenvalue weighted by atomic mass is 16.4. The lowest BCUT2D eigenvalue weighted by Crippen LogP contribution is -2.53. The molecule has 2 rings (SSSR count). The van der Waals surface area contributed by atoms with Gasteiger partial charge in [-0.25, -0.2) is 4.79 Å². The van der Waals surface area contributed by atoms with Gasteiger partial charge in [-0.3, -0.25) is 4.79 Å². The Morgan fingerprint density at radius 3 is 2.71 bits per heavy atom. The van der Waals surface area contributed by atoms with Crippen LogP contribution in [0.1, 0.15) is 30.4 Å². The van der Waals surface area contributed by atoms with E-state index >= 15 is 0 Å². The lowest BCUT2D eigenvalue weighted by atomic mass is 9.87. The molecule has 5 heteroatoms. The highest BCUT2D eigenvalue weighted by molar-refractivity contribution is 6.08. The summed E-state index contributed by atoms with van der Waals surface area (Å²) in [6, 6.07) is 7.62. The van der Waals surface area contributed by atoms with Crippen molar-refractivity contribution in [3.63, 3.8) is 0 Å². The van der Waals surface area contributed by atoms with E-state index in [4.69, 9.17) is 7.85 Å². The third-order valence-electron chi connectivity index (χ3n) is 4.35. The number of carbonyl (C=O) groups excluding carboxylic acids is 1. The summed E-state index contributed by atoms with van der Waals surface area (Å²) < 4.78 is 0. The summed E-state index contributed by atoms with van der Waals surface area (Å²) in [5, 5.41) is 12.2. The van der Waals surface area contributed by atoms with Crippen LogP contribution in [-0.2, 0) is 16.0 Å². The van der Waals surface area contributed by atoms with Crippen molar-refractivity contribution in [2.45, 2.75) is 44.5 Å². The van der Waals surface area contributed by atoms with Crippen molar-refractivity contribution < 1.29 is 14.7 Å². The molecule has 1 aliphatic carbocycles. The molecule has 110 valence electrons. The van der Waals surface area contributed by atoms with Crippen molar-refractivity contribution in [3.05, 3.63) is 35.4 Å². The van der Waals surface area contributed by atoms with E-state index < -0.39 is 11.5 Å². The van der Waals surface area contributed by atoms with Gasteiger partial charge in [0.2, 0.25) is 5.91 Å². The molecule has 0 aliphatic heterocycles. The topological polar surface area (TPSA) is 66.4 Å². The standard InChI is InChI=1S/C16H20BNO3/c1-11-4-2-3-5-13(11)8-14(19)18-16(15(20)21)7-6-12(9-16)10-17/h2-5,12H,6-10H2,1H3,(H,18,19)(H,20,21). The quantitative estimate of drug-likeness (QED) is 0.811.